The predicted octanol–water partition coefficient (Wildman–Crippen LogP) is 2.49. The molecule has 0 spiro atoms. The molecule has 2 bridgehead atoms. The molecule has 3 rings (SSSR count). The second kappa shape index (κ2) is 4.36. The van der Waals surface area contributed by atoms with Gasteiger partial charge in [-0.2, -0.15) is 0 Å². The Morgan fingerprint density at radius 1 is 1.06 bits per heavy atom. The van der Waals surface area contributed by atoms with Crippen LogP contribution < -0.4 is 0 Å². The number of likely N-dealkylation sites (tertiary alicyclic amines) is 1. The van der Waals surface area contributed by atoms with Crippen LogP contribution in [0.4, 0.5) is 0 Å². The van der Waals surface area contributed by atoms with E-state index in [2.05, 4.69) is 10.1 Å². The van der Waals surface area contributed by atoms with Gasteiger partial charge in [0.15, 0.2) is 0 Å². The minimum absolute atomic E-state index is 0.488. The second-order valence-corrected chi connectivity index (χ2v) is 5.69. The van der Waals surface area contributed by atoms with Crippen molar-refractivity contribution in [2.45, 2.75) is 51.0 Å². The largest absolute Gasteiger partial charge is 0.411 e. The average molecular weight is 222 g/mol. The molecule has 1 heterocycles. The molecule has 3 heteroatoms. The van der Waals surface area contributed by atoms with Crippen LogP contribution >= 0.6 is 0 Å². The molecule has 0 unspecified atom stereocenters. The fourth-order valence-electron chi connectivity index (χ4n) is 4.05. The van der Waals surface area contributed by atoms with E-state index in [0.717, 1.165) is 11.6 Å². The molecule has 1 N–H and O–H groups in total. The Morgan fingerprint density at radius 2 is 1.81 bits per heavy atom. The third-order valence-electron chi connectivity index (χ3n) is 4.79. The first-order valence-corrected chi connectivity index (χ1v) is 6.86. The molecule has 3 fully saturated rings. The van der Waals surface area contributed by atoms with Crippen molar-refractivity contribution < 1.29 is 5.21 Å². The van der Waals surface area contributed by atoms with Gasteiger partial charge in [-0.05, 0) is 51.1 Å². The molecule has 1 saturated heterocycles. The van der Waals surface area contributed by atoms with Crippen LogP contribution in [0.3, 0.4) is 0 Å². The summed E-state index contributed by atoms with van der Waals surface area (Å²) in [6.45, 7) is 2.43. The first kappa shape index (κ1) is 10.6. The minimum atomic E-state index is 0.488. The molecule has 3 atom stereocenters. The van der Waals surface area contributed by atoms with E-state index in [-0.39, 0.29) is 0 Å². The third-order valence-corrected chi connectivity index (χ3v) is 4.79. The fraction of sp³-hybridized carbons (Fsp3) is 0.923. The van der Waals surface area contributed by atoms with Gasteiger partial charge in [-0.25, -0.2) is 0 Å². The molecule has 3 aliphatic rings. The second-order valence-electron chi connectivity index (χ2n) is 5.69. The van der Waals surface area contributed by atoms with E-state index >= 15 is 0 Å². The van der Waals surface area contributed by atoms with Crippen molar-refractivity contribution in [1.82, 2.24) is 4.90 Å². The zero-order valence-electron chi connectivity index (χ0n) is 9.94. The van der Waals surface area contributed by atoms with Crippen LogP contribution in [-0.2, 0) is 0 Å². The number of hydrogen-bond acceptors (Lipinski definition) is 3. The first-order chi connectivity index (χ1) is 7.90. The van der Waals surface area contributed by atoms with Crippen molar-refractivity contribution in [1.29, 1.82) is 0 Å². The lowest BCUT2D eigenvalue weighted by Gasteiger charge is -2.33. The molecular formula is C13H22N2O. The highest BCUT2D eigenvalue weighted by Gasteiger charge is 2.47. The van der Waals surface area contributed by atoms with Gasteiger partial charge in [0.1, 0.15) is 0 Å². The van der Waals surface area contributed by atoms with Gasteiger partial charge in [0.25, 0.3) is 0 Å². The fourth-order valence-corrected chi connectivity index (χ4v) is 4.05. The summed E-state index contributed by atoms with van der Waals surface area (Å²) in [4.78, 5) is 2.60. The zero-order valence-corrected chi connectivity index (χ0v) is 9.94. The van der Waals surface area contributed by atoms with Crippen LogP contribution in [0.15, 0.2) is 5.16 Å². The highest BCUT2D eigenvalue weighted by molar-refractivity contribution is 5.94. The van der Waals surface area contributed by atoms with Gasteiger partial charge in [-0.15, -0.1) is 0 Å². The van der Waals surface area contributed by atoms with E-state index in [1.807, 2.05) is 0 Å². The van der Waals surface area contributed by atoms with Crippen LogP contribution in [0.25, 0.3) is 0 Å². The summed E-state index contributed by atoms with van der Waals surface area (Å²) >= 11 is 0. The lowest BCUT2D eigenvalue weighted by atomic mass is 9.92. The van der Waals surface area contributed by atoms with Crippen molar-refractivity contribution in [3.63, 3.8) is 0 Å². The number of rotatable bonds is 1. The van der Waals surface area contributed by atoms with Crippen LogP contribution in [0.5, 0.6) is 0 Å². The number of oxime groups is 1. The van der Waals surface area contributed by atoms with Gasteiger partial charge in [-0.3, -0.25) is 4.90 Å². The molecule has 90 valence electrons. The lowest BCUT2D eigenvalue weighted by molar-refractivity contribution is 0.197. The Bertz CT molecular complexity index is 282. The van der Waals surface area contributed by atoms with Gasteiger partial charge >= 0.3 is 0 Å². The molecular weight excluding hydrogens is 200 g/mol. The van der Waals surface area contributed by atoms with Crippen molar-refractivity contribution in [2.75, 3.05) is 13.1 Å². The minimum Gasteiger partial charge on any atom is -0.411 e. The normalized spacial score (nSPS) is 42.8. The first-order valence-electron chi connectivity index (χ1n) is 6.86. The van der Waals surface area contributed by atoms with E-state index in [4.69, 9.17) is 0 Å². The number of nitrogens with zero attached hydrogens (tertiary/aromatic N) is 2. The van der Waals surface area contributed by atoms with E-state index in [1.165, 1.54) is 58.0 Å². The molecule has 0 aromatic heterocycles. The Hall–Kier alpha value is -0.570. The topological polar surface area (TPSA) is 35.8 Å². The van der Waals surface area contributed by atoms with Gasteiger partial charge in [0.2, 0.25) is 0 Å². The summed E-state index contributed by atoms with van der Waals surface area (Å²) in [5.41, 5.74) is 1.11. The van der Waals surface area contributed by atoms with Crippen molar-refractivity contribution in [3.05, 3.63) is 0 Å². The zero-order chi connectivity index (χ0) is 11.0. The van der Waals surface area contributed by atoms with Crippen LogP contribution in [0.2, 0.25) is 0 Å². The molecule has 0 aromatic rings. The Morgan fingerprint density at radius 3 is 2.50 bits per heavy atom. The molecule has 2 aliphatic carbocycles. The van der Waals surface area contributed by atoms with Crippen molar-refractivity contribution in [3.8, 4) is 0 Å². The standard InChI is InChI=1S/C13H22N2O/c16-14-12-10-5-6-11(9-10)13(12)15-7-3-1-2-4-8-15/h10-11,13,16H,1-9H2/b14-12-/t10-,11+,13-/m0/s1. The molecule has 0 radical (unpaired) electrons. The Balaban J connectivity index is 1.77. The third kappa shape index (κ3) is 1.65. The molecule has 3 nitrogen and oxygen atoms in total. The van der Waals surface area contributed by atoms with Crippen molar-refractivity contribution in [2.24, 2.45) is 17.0 Å². The molecule has 0 aromatic carbocycles. The maximum absolute atomic E-state index is 9.22. The van der Waals surface area contributed by atoms with E-state index in [1.54, 1.807) is 0 Å². The maximum atomic E-state index is 9.22. The van der Waals surface area contributed by atoms with E-state index < -0.39 is 0 Å². The molecule has 1 aliphatic heterocycles. The van der Waals surface area contributed by atoms with Gasteiger partial charge in [0, 0.05) is 5.92 Å². The SMILES string of the molecule is O/N=C1/[C@H]2CC[C@H](C2)[C@@H]1N1CCCCCC1. The molecule has 16 heavy (non-hydrogen) atoms. The summed E-state index contributed by atoms with van der Waals surface area (Å²) in [5.74, 6) is 1.39. The van der Waals surface area contributed by atoms with Gasteiger partial charge in [-0.1, -0.05) is 18.0 Å². The average Bonchev–Trinajstić information content (AvgIpc) is 2.80. The molecule has 2 saturated carbocycles. The molecule has 0 amide bonds. The monoisotopic (exact) mass is 222 g/mol. The van der Waals surface area contributed by atoms with Crippen molar-refractivity contribution >= 4 is 5.71 Å². The Kier molecular flexibility index (Phi) is 2.88. The summed E-state index contributed by atoms with van der Waals surface area (Å²) in [7, 11) is 0. The summed E-state index contributed by atoms with van der Waals surface area (Å²) in [5, 5.41) is 12.9. The van der Waals surface area contributed by atoms with Gasteiger partial charge in [0.05, 0.1) is 11.8 Å². The van der Waals surface area contributed by atoms with Crippen LogP contribution in [-0.4, -0.2) is 35.0 Å². The summed E-state index contributed by atoms with van der Waals surface area (Å²) < 4.78 is 0. The summed E-state index contributed by atoms with van der Waals surface area (Å²) in [6, 6.07) is 0.488. The summed E-state index contributed by atoms with van der Waals surface area (Å²) in [6.07, 6.45) is 9.30. The number of hydrogen-bond donors (Lipinski definition) is 1. The van der Waals surface area contributed by atoms with Crippen LogP contribution in [0.1, 0.15) is 44.9 Å². The maximum Gasteiger partial charge on any atom is 0.0775 e. The van der Waals surface area contributed by atoms with E-state index in [0.29, 0.717) is 12.0 Å². The smallest absolute Gasteiger partial charge is 0.0775 e. The van der Waals surface area contributed by atoms with Gasteiger partial charge < -0.3 is 5.21 Å². The van der Waals surface area contributed by atoms with E-state index in [9.17, 15) is 5.21 Å². The quantitative estimate of drug-likeness (QED) is 0.546. The predicted molar refractivity (Wildman–Crippen MR) is 63.9 cm³/mol. The van der Waals surface area contributed by atoms with Crippen LogP contribution in [0, 0.1) is 11.8 Å². The highest BCUT2D eigenvalue weighted by Crippen LogP contribution is 2.45. The number of fused-ring (bicyclic) bond motifs is 2. The lowest BCUT2D eigenvalue weighted by Crippen LogP contribution is -2.45. The highest BCUT2D eigenvalue weighted by atomic mass is 16.4. The Labute approximate surface area is 97.5 Å².